The molecular weight excluding hydrogens is 475 g/mol. The summed E-state index contributed by atoms with van der Waals surface area (Å²) in [7, 11) is 1.42. The van der Waals surface area contributed by atoms with Crippen molar-refractivity contribution in [1.82, 2.24) is 10.2 Å². The molecule has 0 spiro atoms. The molecular formula is C19H29IN4O4. The molecule has 0 saturated carbocycles. The Morgan fingerprint density at radius 1 is 1.36 bits per heavy atom. The van der Waals surface area contributed by atoms with Crippen molar-refractivity contribution >= 4 is 41.8 Å². The number of nitrogens with two attached hydrogens (primary N) is 1. The van der Waals surface area contributed by atoms with E-state index in [4.69, 9.17) is 15.2 Å². The van der Waals surface area contributed by atoms with Crippen molar-refractivity contribution in [3.05, 3.63) is 29.8 Å². The summed E-state index contributed by atoms with van der Waals surface area (Å²) in [5, 5.41) is 3.28. The van der Waals surface area contributed by atoms with Crippen molar-refractivity contribution in [2.45, 2.75) is 20.4 Å². The predicted octanol–water partition coefficient (Wildman–Crippen LogP) is 1.38. The number of aliphatic imine (C=N–C) groups is 1. The van der Waals surface area contributed by atoms with Gasteiger partial charge in [-0.1, -0.05) is 19.1 Å². The third kappa shape index (κ3) is 6.84. The second kappa shape index (κ2) is 11.7. The first-order chi connectivity index (χ1) is 12.9. The molecule has 156 valence electrons. The normalized spacial score (nSPS) is 19.0. The van der Waals surface area contributed by atoms with Gasteiger partial charge < -0.3 is 25.4 Å². The van der Waals surface area contributed by atoms with Crippen molar-refractivity contribution in [2.24, 2.45) is 22.6 Å². The number of ether oxygens (including phenoxy) is 2. The highest BCUT2D eigenvalue weighted by molar-refractivity contribution is 14.0. The summed E-state index contributed by atoms with van der Waals surface area (Å²) < 4.78 is 10.2. The summed E-state index contributed by atoms with van der Waals surface area (Å²) in [6.45, 7) is 6.40. The van der Waals surface area contributed by atoms with Gasteiger partial charge in [0.15, 0.2) is 12.6 Å². The van der Waals surface area contributed by atoms with Crippen LogP contribution in [0, 0.1) is 11.8 Å². The maximum Gasteiger partial charge on any atom is 0.310 e. The number of rotatable bonds is 7. The van der Waals surface area contributed by atoms with E-state index < -0.39 is 5.91 Å². The number of methoxy groups -OCH3 is 1. The van der Waals surface area contributed by atoms with Crippen LogP contribution >= 0.6 is 24.0 Å². The van der Waals surface area contributed by atoms with Gasteiger partial charge in [0.05, 0.1) is 19.6 Å². The number of likely N-dealkylation sites (tertiary alicyclic amines) is 1. The van der Waals surface area contributed by atoms with E-state index in [1.165, 1.54) is 7.11 Å². The number of primary amides is 1. The van der Waals surface area contributed by atoms with Crippen LogP contribution in [0.3, 0.4) is 0 Å². The molecule has 0 bridgehead atoms. The van der Waals surface area contributed by atoms with E-state index >= 15 is 0 Å². The van der Waals surface area contributed by atoms with Gasteiger partial charge in [0.2, 0.25) is 0 Å². The van der Waals surface area contributed by atoms with Gasteiger partial charge in [0, 0.05) is 19.6 Å². The molecule has 0 radical (unpaired) electrons. The predicted molar refractivity (Wildman–Crippen MR) is 118 cm³/mol. The number of carbonyl (C=O) groups is 2. The highest BCUT2D eigenvalue weighted by Crippen LogP contribution is 2.24. The number of nitrogens with one attached hydrogen (secondary N) is 1. The summed E-state index contributed by atoms with van der Waals surface area (Å²) in [4.78, 5) is 29.5. The highest BCUT2D eigenvalue weighted by Gasteiger charge is 2.36. The fourth-order valence-electron chi connectivity index (χ4n) is 3.08. The Balaban J connectivity index is 0.00000392. The Labute approximate surface area is 182 Å². The lowest BCUT2D eigenvalue weighted by atomic mass is 9.99. The monoisotopic (exact) mass is 504 g/mol. The van der Waals surface area contributed by atoms with Crippen LogP contribution < -0.4 is 15.8 Å². The molecule has 2 rings (SSSR count). The van der Waals surface area contributed by atoms with Crippen LogP contribution in [0.4, 0.5) is 0 Å². The van der Waals surface area contributed by atoms with Crippen LogP contribution in [0.25, 0.3) is 0 Å². The van der Waals surface area contributed by atoms with Gasteiger partial charge in [-0.05, 0) is 30.5 Å². The molecule has 2 unspecified atom stereocenters. The minimum Gasteiger partial charge on any atom is -0.484 e. The average molecular weight is 504 g/mol. The minimum absolute atomic E-state index is 0. The quantitative estimate of drug-likeness (QED) is 0.252. The maximum atomic E-state index is 11.9. The zero-order chi connectivity index (χ0) is 19.8. The number of esters is 1. The van der Waals surface area contributed by atoms with Crippen LogP contribution in [0.2, 0.25) is 0 Å². The molecule has 0 aliphatic carbocycles. The van der Waals surface area contributed by atoms with Crippen molar-refractivity contribution in [2.75, 3.05) is 33.4 Å². The number of hydrogen-bond acceptors (Lipinski definition) is 5. The molecule has 8 nitrogen and oxygen atoms in total. The van der Waals surface area contributed by atoms with E-state index in [9.17, 15) is 9.59 Å². The molecule has 1 aliphatic heterocycles. The molecule has 1 fully saturated rings. The molecule has 9 heteroatoms. The Hall–Kier alpha value is -2.04. The Bertz CT molecular complexity index is 698. The maximum absolute atomic E-state index is 11.9. The van der Waals surface area contributed by atoms with Crippen molar-refractivity contribution in [1.29, 1.82) is 0 Å². The Kier molecular flexibility index (Phi) is 10.0. The molecule has 3 N–H and O–H groups in total. The number of benzene rings is 1. The lowest BCUT2D eigenvalue weighted by Crippen LogP contribution is -2.40. The lowest BCUT2D eigenvalue weighted by molar-refractivity contribution is -0.146. The smallest absolute Gasteiger partial charge is 0.310 e. The van der Waals surface area contributed by atoms with Crippen LogP contribution in [0.1, 0.15) is 19.4 Å². The van der Waals surface area contributed by atoms with Gasteiger partial charge in [-0.2, -0.15) is 0 Å². The summed E-state index contributed by atoms with van der Waals surface area (Å²) in [6.07, 6.45) is 0. The summed E-state index contributed by atoms with van der Waals surface area (Å²) in [5.41, 5.74) is 6.05. The zero-order valence-electron chi connectivity index (χ0n) is 16.5. The fourth-order valence-corrected chi connectivity index (χ4v) is 3.08. The summed E-state index contributed by atoms with van der Waals surface area (Å²) in [5.74, 6) is 0.693. The van der Waals surface area contributed by atoms with Gasteiger partial charge in [-0.3, -0.25) is 9.59 Å². The molecule has 2 atom stereocenters. The van der Waals surface area contributed by atoms with Gasteiger partial charge in [0.1, 0.15) is 5.75 Å². The number of hydrogen-bond donors (Lipinski definition) is 2. The van der Waals surface area contributed by atoms with Crippen LogP contribution in [0.5, 0.6) is 5.75 Å². The Morgan fingerprint density at radius 3 is 2.75 bits per heavy atom. The highest BCUT2D eigenvalue weighted by atomic mass is 127. The Morgan fingerprint density at radius 2 is 2.11 bits per heavy atom. The number of amides is 1. The summed E-state index contributed by atoms with van der Waals surface area (Å²) >= 11 is 0. The van der Waals surface area contributed by atoms with Gasteiger partial charge in [-0.15, -0.1) is 24.0 Å². The van der Waals surface area contributed by atoms with Gasteiger partial charge in [-0.25, -0.2) is 4.99 Å². The SMILES string of the molecule is CCNC(=NCc1cccc(OCC(N)=O)c1)N1CC(C)C(C(=O)OC)C1.I. The summed E-state index contributed by atoms with van der Waals surface area (Å²) in [6, 6.07) is 7.39. The van der Waals surface area contributed by atoms with Crippen molar-refractivity contribution < 1.29 is 19.1 Å². The number of carbonyl (C=O) groups excluding carboxylic acids is 2. The van der Waals surface area contributed by atoms with Gasteiger partial charge >= 0.3 is 5.97 Å². The first-order valence-electron chi connectivity index (χ1n) is 9.05. The van der Waals surface area contributed by atoms with Gasteiger partial charge in [0.25, 0.3) is 5.91 Å². The number of halogens is 1. The van der Waals surface area contributed by atoms with E-state index in [0.717, 1.165) is 24.6 Å². The topological polar surface area (TPSA) is 106 Å². The molecule has 1 heterocycles. The molecule has 0 aromatic heterocycles. The molecule has 1 saturated heterocycles. The standard InChI is InChI=1S/C19H28N4O4.HI/c1-4-21-19(23-10-13(2)16(11-23)18(25)26-3)22-9-14-6-5-7-15(8-14)27-12-17(20)24;/h5-8,13,16H,4,9-12H2,1-3H3,(H2,20,24)(H,21,22);1H. The number of guanidine groups is 1. The van der Waals surface area contributed by atoms with E-state index in [0.29, 0.717) is 18.8 Å². The van der Waals surface area contributed by atoms with Crippen molar-refractivity contribution in [3.8, 4) is 5.75 Å². The zero-order valence-corrected chi connectivity index (χ0v) is 18.8. The molecule has 1 aromatic carbocycles. The van der Waals surface area contributed by atoms with Crippen LogP contribution in [0.15, 0.2) is 29.3 Å². The fraction of sp³-hybridized carbons (Fsp3) is 0.526. The average Bonchev–Trinajstić information content (AvgIpc) is 3.04. The van der Waals surface area contributed by atoms with E-state index in [-0.39, 0.29) is 48.4 Å². The largest absolute Gasteiger partial charge is 0.484 e. The van der Waals surface area contributed by atoms with Crippen LogP contribution in [-0.4, -0.2) is 56.1 Å². The van der Waals surface area contributed by atoms with E-state index in [1.54, 1.807) is 6.07 Å². The van der Waals surface area contributed by atoms with Crippen LogP contribution in [-0.2, 0) is 20.9 Å². The van der Waals surface area contributed by atoms with E-state index in [2.05, 4.69) is 15.2 Å². The third-order valence-electron chi connectivity index (χ3n) is 4.44. The first-order valence-corrected chi connectivity index (χ1v) is 9.05. The van der Waals surface area contributed by atoms with E-state index in [1.807, 2.05) is 32.0 Å². The minimum atomic E-state index is -0.517. The lowest BCUT2D eigenvalue weighted by Gasteiger charge is -2.21. The molecule has 1 aliphatic rings. The third-order valence-corrected chi connectivity index (χ3v) is 4.44. The molecule has 1 amide bonds. The molecule has 1 aromatic rings. The second-order valence-electron chi connectivity index (χ2n) is 6.58. The number of nitrogens with zero attached hydrogens (tertiary/aromatic N) is 2. The molecule has 28 heavy (non-hydrogen) atoms. The first kappa shape index (κ1) is 24.0. The van der Waals surface area contributed by atoms with Crippen molar-refractivity contribution in [3.63, 3.8) is 0 Å². The second-order valence-corrected chi connectivity index (χ2v) is 6.58.